The maximum absolute atomic E-state index is 13.1. The van der Waals surface area contributed by atoms with Gasteiger partial charge in [-0.05, 0) is 50.2 Å². The molecule has 0 unspecified atom stereocenters. The normalized spacial score (nSPS) is 17.1. The molecule has 6 heteroatoms. The molecule has 0 radical (unpaired) electrons. The lowest BCUT2D eigenvalue weighted by Crippen LogP contribution is -2.46. The molecule has 1 aliphatic rings. The molecule has 0 amide bonds. The van der Waals surface area contributed by atoms with Crippen LogP contribution >= 0.6 is 11.6 Å². The topological polar surface area (TPSA) is 43.8 Å². The van der Waals surface area contributed by atoms with Gasteiger partial charge in [0.25, 0.3) is 0 Å². The van der Waals surface area contributed by atoms with E-state index in [0.29, 0.717) is 17.6 Å². The Morgan fingerprint density at radius 1 is 1.45 bits per heavy atom. The smallest absolute Gasteiger partial charge is 0.317 e. The summed E-state index contributed by atoms with van der Waals surface area (Å²) >= 11 is 6.07. The highest BCUT2D eigenvalue weighted by atomic mass is 35.5. The Kier molecular flexibility index (Phi) is 6.17. The van der Waals surface area contributed by atoms with Gasteiger partial charge in [0.1, 0.15) is 5.82 Å². The van der Waals surface area contributed by atoms with Gasteiger partial charge in [-0.25, -0.2) is 4.39 Å². The second-order valence-electron chi connectivity index (χ2n) is 5.70. The first-order valence-electron chi connectivity index (χ1n) is 7.61. The van der Waals surface area contributed by atoms with E-state index >= 15 is 0 Å². The van der Waals surface area contributed by atoms with E-state index in [9.17, 15) is 9.18 Å². The molecule has 122 valence electrons. The number of rotatable bonds is 6. The van der Waals surface area contributed by atoms with Crippen LogP contribution in [0.3, 0.4) is 0 Å². The van der Waals surface area contributed by atoms with E-state index in [-0.39, 0.29) is 12.4 Å². The maximum Gasteiger partial charge on any atom is 0.317 e. The number of likely N-dealkylation sites (N-methyl/N-ethyl adjacent to an activating group) is 1. The van der Waals surface area contributed by atoms with Crippen LogP contribution in [0, 0.1) is 5.82 Å². The fourth-order valence-corrected chi connectivity index (χ4v) is 3.23. The van der Waals surface area contributed by atoms with Crippen molar-refractivity contribution in [3.63, 3.8) is 0 Å². The number of benzene rings is 1. The molecule has 1 heterocycles. The summed E-state index contributed by atoms with van der Waals surface area (Å²) in [6.45, 7) is 5.35. The van der Waals surface area contributed by atoms with Crippen LogP contribution in [-0.4, -0.2) is 53.1 Å². The summed E-state index contributed by atoms with van der Waals surface area (Å²) in [7, 11) is 0. The zero-order valence-electron chi connectivity index (χ0n) is 12.8. The number of carboxylic acid groups (broad SMARTS) is 1. The molecule has 1 saturated heterocycles. The molecule has 1 aromatic rings. The third-order valence-electron chi connectivity index (χ3n) is 4.23. The van der Waals surface area contributed by atoms with Crippen molar-refractivity contribution in [3.8, 4) is 0 Å². The highest BCUT2D eigenvalue weighted by Crippen LogP contribution is 2.22. The van der Waals surface area contributed by atoms with Gasteiger partial charge in [-0.1, -0.05) is 24.6 Å². The number of hydrogen-bond acceptors (Lipinski definition) is 3. The summed E-state index contributed by atoms with van der Waals surface area (Å²) in [4.78, 5) is 15.2. The van der Waals surface area contributed by atoms with E-state index < -0.39 is 5.97 Å². The Balaban J connectivity index is 1.87. The molecule has 22 heavy (non-hydrogen) atoms. The minimum atomic E-state index is -0.776. The van der Waals surface area contributed by atoms with E-state index in [2.05, 4.69) is 4.90 Å². The molecule has 1 aromatic carbocycles. The minimum absolute atomic E-state index is 0.102. The van der Waals surface area contributed by atoms with Crippen LogP contribution in [0.15, 0.2) is 18.2 Å². The van der Waals surface area contributed by atoms with E-state index in [1.165, 1.54) is 12.1 Å². The van der Waals surface area contributed by atoms with Crippen LogP contribution in [0.25, 0.3) is 0 Å². The molecule has 1 N–H and O–H groups in total. The summed E-state index contributed by atoms with van der Waals surface area (Å²) in [6.07, 6.45) is 1.89. The molecule has 4 nitrogen and oxygen atoms in total. The summed E-state index contributed by atoms with van der Waals surface area (Å²) in [6, 6.07) is 4.82. The van der Waals surface area contributed by atoms with Crippen LogP contribution in [-0.2, 0) is 11.3 Å². The molecule has 0 aromatic heterocycles. The highest BCUT2D eigenvalue weighted by molar-refractivity contribution is 6.31. The maximum atomic E-state index is 13.1. The number of hydrogen-bond donors (Lipinski definition) is 1. The van der Waals surface area contributed by atoms with Crippen LogP contribution < -0.4 is 0 Å². The van der Waals surface area contributed by atoms with Gasteiger partial charge >= 0.3 is 5.97 Å². The number of halogens is 2. The zero-order valence-corrected chi connectivity index (χ0v) is 13.5. The van der Waals surface area contributed by atoms with Crippen molar-refractivity contribution in [3.05, 3.63) is 34.6 Å². The summed E-state index contributed by atoms with van der Waals surface area (Å²) < 4.78 is 13.1. The molecule has 0 aliphatic carbocycles. The van der Waals surface area contributed by atoms with Gasteiger partial charge in [0.05, 0.1) is 6.54 Å². The van der Waals surface area contributed by atoms with E-state index in [1.54, 1.807) is 6.07 Å². The minimum Gasteiger partial charge on any atom is -0.480 e. The second kappa shape index (κ2) is 7.90. The Bertz CT molecular complexity index is 519. The summed E-state index contributed by atoms with van der Waals surface area (Å²) in [5.41, 5.74) is 0.930. The van der Waals surface area contributed by atoms with Crippen LogP contribution in [0.4, 0.5) is 4.39 Å². The number of likely N-dealkylation sites (tertiary alicyclic amines) is 1. The SMILES string of the molecule is CCN(CC(=O)O)C1CCN(Cc2ccc(F)cc2Cl)CC1. The van der Waals surface area contributed by atoms with Crippen molar-refractivity contribution in [2.75, 3.05) is 26.2 Å². The third kappa shape index (κ3) is 4.66. The zero-order chi connectivity index (χ0) is 16.1. The number of carbonyl (C=O) groups is 1. The van der Waals surface area contributed by atoms with Crippen molar-refractivity contribution >= 4 is 17.6 Å². The van der Waals surface area contributed by atoms with Crippen molar-refractivity contribution < 1.29 is 14.3 Å². The first-order valence-corrected chi connectivity index (χ1v) is 7.99. The predicted molar refractivity (Wildman–Crippen MR) is 84.6 cm³/mol. The van der Waals surface area contributed by atoms with Crippen LogP contribution in [0.1, 0.15) is 25.3 Å². The lowest BCUT2D eigenvalue weighted by Gasteiger charge is -2.37. The van der Waals surface area contributed by atoms with Crippen molar-refractivity contribution in [2.24, 2.45) is 0 Å². The Morgan fingerprint density at radius 2 is 2.14 bits per heavy atom. The second-order valence-corrected chi connectivity index (χ2v) is 6.11. The van der Waals surface area contributed by atoms with Gasteiger partial charge in [0, 0.05) is 17.6 Å². The molecule has 0 bridgehead atoms. The number of aliphatic carboxylic acids is 1. The van der Waals surface area contributed by atoms with Gasteiger partial charge in [-0.2, -0.15) is 0 Å². The van der Waals surface area contributed by atoms with Gasteiger partial charge in [-0.15, -0.1) is 0 Å². The lowest BCUT2D eigenvalue weighted by atomic mass is 10.0. The summed E-state index contributed by atoms with van der Waals surface area (Å²) in [5.74, 6) is -1.10. The van der Waals surface area contributed by atoms with E-state index in [4.69, 9.17) is 16.7 Å². The molecule has 2 rings (SSSR count). The average molecular weight is 329 g/mol. The van der Waals surface area contributed by atoms with Crippen LogP contribution in [0.2, 0.25) is 5.02 Å². The van der Waals surface area contributed by atoms with E-state index in [1.807, 2.05) is 11.8 Å². The van der Waals surface area contributed by atoms with Gasteiger partial charge in [-0.3, -0.25) is 14.6 Å². The first-order chi connectivity index (χ1) is 10.5. The predicted octanol–water partition coefficient (Wildman–Crippen LogP) is 2.85. The van der Waals surface area contributed by atoms with Crippen molar-refractivity contribution in [2.45, 2.75) is 32.4 Å². The lowest BCUT2D eigenvalue weighted by molar-refractivity contribution is -0.139. The fraction of sp³-hybridized carbons (Fsp3) is 0.562. The quantitative estimate of drug-likeness (QED) is 0.872. The van der Waals surface area contributed by atoms with Gasteiger partial charge in [0.15, 0.2) is 0 Å². The first kappa shape index (κ1) is 17.2. The summed E-state index contributed by atoms with van der Waals surface area (Å²) in [5, 5.41) is 9.41. The number of piperidine rings is 1. The molecular formula is C16H22ClFN2O2. The number of nitrogens with zero attached hydrogens (tertiary/aromatic N) is 2. The third-order valence-corrected chi connectivity index (χ3v) is 4.58. The molecular weight excluding hydrogens is 307 g/mol. The van der Waals surface area contributed by atoms with Gasteiger partial charge in [0.2, 0.25) is 0 Å². The Labute approximate surface area is 135 Å². The van der Waals surface area contributed by atoms with E-state index in [0.717, 1.165) is 38.0 Å². The van der Waals surface area contributed by atoms with Crippen molar-refractivity contribution in [1.29, 1.82) is 0 Å². The molecule has 1 fully saturated rings. The molecule has 0 spiro atoms. The standard InChI is InChI=1S/C16H22ClFN2O2/c1-2-20(11-16(21)22)14-5-7-19(8-6-14)10-12-3-4-13(18)9-15(12)17/h3-4,9,14H,2,5-8,10-11H2,1H3,(H,21,22). The highest BCUT2D eigenvalue weighted by Gasteiger charge is 2.25. The van der Waals surface area contributed by atoms with Crippen LogP contribution in [0.5, 0.6) is 0 Å². The van der Waals surface area contributed by atoms with Crippen molar-refractivity contribution in [1.82, 2.24) is 9.80 Å². The molecule has 0 saturated carbocycles. The molecule has 1 aliphatic heterocycles. The fourth-order valence-electron chi connectivity index (χ4n) is 3.01. The number of carboxylic acids is 1. The Morgan fingerprint density at radius 3 is 2.68 bits per heavy atom. The Hall–Kier alpha value is -1.17. The monoisotopic (exact) mass is 328 g/mol. The molecule has 0 atom stereocenters. The average Bonchev–Trinajstić information content (AvgIpc) is 2.48. The largest absolute Gasteiger partial charge is 0.480 e. The van der Waals surface area contributed by atoms with Gasteiger partial charge < -0.3 is 5.11 Å².